The first-order valence-corrected chi connectivity index (χ1v) is 10.8. The van der Waals surface area contributed by atoms with Gasteiger partial charge in [-0.05, 0) is 83.1 Å². The number of anilines is 1. The third-order valence-electron chi connectivity index (χ3n) is 5.61. The van der Waals surface area contributed by atoms with E-state index in [1.165, 1.54) is 0 Å². The van der Waals surface area contributed by atoms with Crippen molar-refractivity contribution in [3.05, 3.63) is 61.0 Å². The summed E-state index contributed by atoms with van der Waals surface area (Å²) in [6.45, 7) is 8.04. The summed E-state index contributed by atoms with van der Waals surface area (Å²) in [6.07, 6.45) is 2.17. The second-order valence-electron chi connectivity index (χ2n) is 7.97. The zero-order valence-corrected chi connectivity index (χ0v) is 19.1. The van der Waals surface area contributed by atoms with Crippen molar-refractivity contribution in [3.63, 3.8) is 0 Å². The molecule has 29 heavy (non-hydrogen) atoms. The molecule has 0 unspecified atom stereocenters. The Balaban J connectivity index is 1.75. The Hall–Kier alpha value is -2.12. The van der Waals surface area contributed by atoms with Crippen molar-refractivity contribution >= 4 is 27.5 Å². The van der Waals surface area contributed by atoms with Gasteiger partial charge in [0.2, 0.25) is 0 Å². The summed E-state index contributed by atoms with van der Waals surface area (Å²) in [4.78, 5) is 30.2. The number of hydrogen-bond donors (Lipinski definition) is 3. The van der Waals surface area contributed by atoms with E-state index < -0.39 is 0 Å². The number of aromatic amines is 1. The summed E-state index contributed by atoms with van der Waals surface area (Å²) in [7, 11) is 2.14. The Labute approximate surface area is 180 Å². The van der Waals surface area contributed by atoms with Crippen molar-refractivity contribution in [1.82, 2.24) is 15.2 Å². The lowest BCUT2D eigenvalue weighted by atomic mass is 10.0. The molecule has 0 spiro atoms. The molecule has 7 heteroatoms. The van der Waals surface area contributed by atoms with Crippen LogP contribution >= 0.6 is 15.9 Å². The number of aromatic nitrogens is 1. The average Bonchev–Trinajstić information content (AvgIpc) is 2.65. The number of carbonyl (C=O) groups is 1. The highest BCUT2D eigenvalue weighted by Gasteiger charge is 2.19. The second kappa shape index (κ2) is 9.13. The molecule has 0 radical (unpaired) electrons. The first-order chi connectivity index (χ1) is 13.7. The predicted octanol–water partition coefficient (Wildman–Crippen LogP) is 3.50. The molecule has 2 aromatic rings. The summed E-state index contributed by atoms with van der Waals surface area (Å²) in [5, 5.41) is 6.52. The number of pyridine rings is 1. The monoisotopic (exact) mass is 460 g/mol. The smallest absolute Gasteiger partial charge is 0.253 e. The van der Waals surface area contributed by atoms with Crippen LogP contribution < -0.4 is 16.2 Å². The van der Waals surface area contributed by atoms with Gasteiger partial charge in [0.05, 0.1) is 0 Å². The number of nitrogens with zero attached hydrogens (tertiary/aromatic N) is 1. The molecule has 6 nitrogen and oxygen atoms in total. The maximum atomic E-state index is 12.9. The molecule has 1 saturated heterocycles. The molecule has 2 heterocycles. The van der Waals surface area contributed by atoms with Gasteiger partial charge in [-0.25, -0.2) is 0 Å². The number of hydrogen-bond acceptors (Lipinski definition) is 4. The zero-order chi connectivity index (χ0) is 21.1. The van der Waals surface area contributed by atoms with E-state index in [0.29, 0.717) is 17.2 Å². The van der Waals surface area contributed by atoms with Crippen LogP contribution in [0.5, 0.6) is 0 Å². The summed E-state index contributed by atoms with van der Waals surface area (Å²) in [6, 6.07) is 6.18. The van der Waals surface area contributed by atoms with E-state index in [2.05, 4.69) is 43.5 Å². The SMILES string of the molecule is Cc1cc(C)c(CNC(=O)c2cc(Br)cc(NC3CCN(C)CC3)c2C)c(=O)[nH]1. The molecule has 3 N–H and O–H groups in total. The van der Waals surface area contributed by atoms with Gasteiger partial charge in [-0.1, -0.05) is 15.9 Å². The number of piperidine rings is 1. The number of rotatable bonds is 5. The highest BCUT2D eigenvalue weighted by molar-refractivity contribution is 9.10. The predicted molar refractivity (Wildman–Crippen MR) is 121 cm³/mol. The molecule has 0 atom stereocenters. The Morgan fingerprint density at radius 2 is 1.90 bits per heavy atom. The molecule has 1 aromatic carbocycles. The first-order valence-electron chi connectivity index (χ1n) is 9.97. The van der Waals surface area contributed by atoms with Crippen LogP contribution in [0.1, 0.15) is 45.6 Å². The molecular formula is C22H29BrN4O2. The van der Waals surface area contributed by atoms with E-state index in [4.69, 9.17) is 0 Å². The van der Waals surface area contributed by atoms with E-state index in [1.54, 1.807) is 0 Å². The Kier molecular flexibility index (Phi) is 6.80. The van der Waals surface area contributed by atoms with Gasteiger partial charge in [0, 0.05) is 39.6 Å². The molecule has 156 valence electrons. The van der Waals surface area contributed by atoms with E-state index in [9.17, 15) is 9.59 Å². The summed E-state index contributed by atoms with van der Waals surface area (Å²) in [5.74, 6) is -0.186. The average molecular weight is 461 g/mol. The summed E-state index contributed by atoms with van der Waals surface area (Å²) >= 11 is 3.53. The molecule has 1 aliphatic rings. The standard InChI is InChI=1S/C22H29BrN4O2/c1-13-9-14(2)25-22(29)19(13)12-24-21(28)18-10-16(23)11-20(15(18)3)26-17-5-7-27(4)8-6-17/h9-11,17,26H,5-8,12H2,1-4H3,(H,24,28)(H,25,29). The minimum Gasteiger partial charge on any atom is -0.382 e. The van der Waals surface area contributed by atoms with Gasteiger partial charge >= 0.3 is 0 Å². The van der Waals surface area contributed by atoms with E-state index in [-0.39, 0.29) is 18.0 Å². The van der Waals surface area contributed by atoms with E-state index in [1.807, 2.05) is 39.0 Å². The van der Waals surface area contributed by atoms with Crippen LogP contribution in [-0.2, 0) is 6.54 Å². The van der Waals surface area contributed by atoms with Gasteiger partial charge in [-0.15, -0.1) is 0 Å². The lowest BCUT2D eigenvalue weighted by Gasteiger charge is -2.31. The lowest BCUT2D eigenvalue weighted by Crippen LogP contribution is -2.37. The first kappa shape index (κ1) is 21.6. The minimum absolute atomic E-state index is 0.154. The lowest BCUT2D eigenvalue weighted by molar-refractivity contribution is 0.0950. The van der Waals surface area contributed by atoms with Gasteiger partial charge in [0.1, 0.15) is 0 Å². The minimum atomic E-state index is -0.186. The van der Waals surface area contributed by atoms with Gasteiger partial charge in [-0.3, -0.25) is 9.59 Å². The molecule has 0 saturated carbocycles. The third kappa shape index (κ3) is 5.28. The maximum Gasteiger partial charge on any atom is 0.253 e. The van der Waals surface area contributed by atoms with Crippen LogP contribution in [0.2, 0.25) is 0 Å². The fourth-order valence-corrected chi connectivity index (χ4v) is 4.26. The molecule has 3 rings (SSSR count). The third-order valence-corrected chi connectivity index (χ3v) is 6.07. The zero-order valence-electron chi connectivity index (χ0n) is 17.5. The molecule has 1 aromatic heterocycles. The number of halogens is 1. The van der Waals surface area contributed by atoms with Crippen molar-refractivity contribution in [2.75, 3.05) is 25.5 Å². The van der Waals surface area contributed by atoms with Gasteiger partial charge in [-0.2, -0.15) is 0 Å². The second-order valence-corrected chi connectivity index (χ2v) is 8.89. The van der Waals surface area contributed by atoms with Crippen molar-refractivity contribution in [1.29, 1.82) is 0 Å². The highest BCUT2D eigenvalue weighted by atomic mass is 79.9. The van der Waals surface area contributed by atoms with Gasteiger partial charge < -0.3 is 20.5 Å². The van der Waals surface area contributed by atoms with Crippen molar-refractivity contribution in [3.8, 4) is 0 Å². The molecule has 1 amide bonds. The summed E-state index contributed by atoms with van der Waals surface area (Å²) < 4.78 is 0.855. The van der Waals surface area contributed by atoms with Crippen molar-refractivity contribution in [2.24, 2.45) is 0 Å². The Bertz CT molecular complexity index is 962. The number of amides is 1. The normalized spacial score (nSPS) is 15.3. The quantitative estimate of drug-likeness (QED) is 0.637. The van der Waals surface area contributed by atoms with Crippen LogP contribution in [0.3, 0.4) is 0 Å². The molecule has 1 fully saturated rings. The van der Waals surface area contributed by atoms with E-state index in [0.717, 1.165) is 52.9 Å². The van der Waals surface area contributed by atoms with Crippen LogP contribution in [0.15, 0.2) is 27.5 Å². The number of benzene rings is 1. The fraction of sp³-hybridized carbons (Fsp3) is 0.455. The van der Waals surface area contributed by atoms with Crippen LogP contribution in [0.4, 0.5) is 5.69 Å². The number of likely N-dealkylation sites (tertiary alicyclic amines) is 1. The Morgan fingerprint density at radius 1 is 1.21 bits per heavy atom. The number of aryl methyl sites for hydroxylation is 2. The van der Waals surface area contributed by atoms with Crippen LogP contribution in [0, 0.1) is 20.8 Å². The number of H-pyrrole nitrogens is 1. The molecule has 1 aliphatic heterocycles. The Morgan fingerprint density at radius 3 is 2.55 bits per heavy atom. The van der Waals surface area contributed by atoms with Crippen LogP contribution in [-0.4, -0.2) is 42.0 Å². The molecular weight excluding hydrogens is 432 g/mol. The van der Waals surface area contributed by atoms with Gasteiger partial charge in [0.15, 0.2) is 0 Å². The van der Waals surface area contributed by atoms with E-state index >= 15 is 0 Å². The van der Waals surface area contributed by atoms with Gasteiger partial charge in [0.25, 0.3) is 11.5 Å². The molecule has 0 bridgehead atoms. The van der Waals surface area contributed by atoms with Crippen LogP contribution in [0.25, 0.3) is 0 Å². The van der Waals surface area contributed by atoms with Crippen molar-refractivity contribution in [2.45, 2.75) is 46.2 Å². The number of nitrogens with one attached hydrogen (secondary N) is 3. The summed E-state index contributed by atoms with van der Waals surface area (Å²) in [5.41, 5.74) is 4.62. The largest absolute Gasteiger partial charge is 0.382 e. The topological polar surface area (TPSA) is 77.2 Å². The van der Waals surface area contributed by atoms with Crippen molar-refractivity contribution < 1.29 is 4.79 Å². The highest BCUT2D eigenvalue weighted by Crippen LogP contribution is 2.27. The fourth-order valence-electron chi connectivity index (χ4n) is 3.80. The molecule has 0 aliphatic carbocycles. The maximum absolute atomic E-state index is 12.9. The number of carbonyl (C=O) groups excluding carboxylic acids is 1.